The Labute approximate surface area is 174 Å². The number of thioether (sulfide) groups is 1. The third-order valence-corrected chi connectivity index (χ3v) is 5.87. The van der Waals surface area contributed by atoms with Gasteiger partial charge >= 0.3 is 0 Å². The summed E-state index contributed by atoms with van der Waals surface area (Å²) in [5.74, 6) is 1.34. The molecule has 0 aliphatic carbocycles. The standard InChI is InChI=1S/C21H23N5O2S/c1-28-19-9-7-17(8-10-19)24-11-13-25(14-12-24)20(27)15-29-21-23-22-16-26(21)18-5-3-2-4-6-18/h2-10,16H,11-15H2,1H3. The fourth-order valence-corrected chi connectivity index (χ4v) is 4.14. The topological polar surface area (TPSA) is 63.5 Å². The largest absolute Gasteiger partial charge is 0.497 e. The molecule has 1 amide bonds. The highest BCUT2D eigenvalue weighted by Gasteiger charge is 2.22. The summed E-state index contributed by atoms with van der Waals surface area (Å²) >= 11 is 1.42. The van der Waals surface area contributed by atoms with Crippen molar-refractivity contribution in [3.63, 3.8) is 0 Å². The number of rotatable bonds is 6. The molecule has 0 saturated carbocycles. The van der Waals surface area contributed by atoms with E-state index in [9.17, 15) is 4.79 Å². The summed E-state index contributed by atoms with van der Waals surface area (Å²) in [4.78, 5) is 16.9. The predicted octanol–water partition coefficient (Wildman–Crippen LogP) is 2.72. The zero-order valence-electron chi connectivity index (χ0n) is 16.3. The summed E-state index contributed by atoms with van der Waals surface area (Å²) in [6.07, 6.45) is 1.68. The molecule has 0 spiro atoms. The SMILES string of the molecule is COc1ccc(N2CCN(C(=O)CSc3nncn3-c3ccccc3)CC2)cc1. The van der Waals surface area contributed by atoms with Crippen LogP contribution in [0.2, 0.25) is 0 Å². The maximum atomic E-state index is 12.7. The summed E-state index contributed by atoms with van der Waals surface area (Å²) in [6, 6.07) is 17.9. The van der Waals surface area contributed by atoms with Crippen molar-refractivity contribution < 1.29 is 9.53 Å². The molecule has 29 heavy (non-hydrogen) atoms. The van der Waals surface area contributed by atoms with Crippen molar-refractivity contribution in [2.75, 3.05) is 43.9 Å². The van der Waals surface area contributed by atoms with E-state index in [4.69, 9.17) is 4.74 Å². The molecular formula is C21H23N5O2S. The summed E-state index contributed by atoms with van der Waals surface area (Å²) in [7, 11) is 1.67. The van der Waals surface area contributed by atoms with Crippen LogP contribution in [-0.2, 0) is 4.79 Å². The maximum absolute atomic E-state index is 12.7. The van der Waals surface area contributed by atoms with Crippen LogP contribution in [0.5, 0.6) is 5.75 Å². The Morgan fingerprint density at radius 2 is 1.72 bits per heavy atom. The predicted molar refractivity (Wildman–Crippen MR) is 114 cm³/mol. The second-order valence-corrected chi connectivity index (χ2v) is 7.62. The van der Waals surface area contributed by atoms with Gasteiger partial charge in [-0.25, -0.2) is 0 Å². The van der Waals surface area contributed by atoms with Crippen LogP contribution in [0.25, 0.3) is 5.69 Å². The summed E-state index contributed by atoms with van der Waals surface area (Å²) in [5.41, 5.74) is 2.14. The first-order chi connectivity index (χ1) is 14.2. The second kappa shape index (κ2) is 9.00. The zero-order chi connectivity index (χ0) is 20.1. The molecule has 1 aliphatic heterocycles. The molecule has 1 aromatic heterocycles. The number of piperazine rings is 1. The third-order valence-electron chi connectivity index (χ3n) is 4.95. The van der Waals surface area contributed by atoms with Gasteiger partial charge in [0.1, 0.15) is 12.1 Å². The lowest BCUT2D eigenvalue weighted by atomic mass is 10.2. The molecule has 0 N–H and O–H groups in total. The Balaban J connectivity index is 1.30. The van der Waals surface area contributed by atoms with E-state index >= 15 is 0 Å². The molecule has 3 aromatic rings. The number of ether oxygens (including phenoxy) is 1. The number of hydrogen-bond donors (Lipinski definition) is 0. The fourth-order valence-electron chi connectivity index (χ4n) is 3.31. The molecule has 150 valence electrons. The lowest BCUT2D eigenvalue weighted by Crippen LogP contribution is -2.49. The van der Waals surface area contributed by atoms with Crippen LogP contribution >= 0.6 is 11.8 Å². The van der Waals surface area contributed by atoms with Gasteiger partial charge in [0.15, 0.2) is 5.16 Å². The van der Waals surface area contributed by atoms with Gasteiger partial charge in [0.25, 0.3) is 0 Å². The number of aromatic nitrogens is 3. The number of methoxy groups -OCH3 is 1. The smallest absolute Gasteiger partial charge is 0.233 e. The molecular weight excluding hydrogens is 386 g/mol. The van der Waals surface area contributed by atoms with Crippen LogP contribution in [0.15, 0.2) is 66.1 Å². The molecule has 2 heterocycles. The number of carbonyl (C=O) groups is 1. The van der Waals surface area contributed by atoms with Gasteiger partial charge in [-0.15, -0.1) is 10.2 Å². The molecule has 8 heteroatoms. The number of benzene rings is 2. The lowest BCUT2D eigenvalue weighted by molar-refractivity contribution is -0.128. The van der Waals surface area contributed by atoms with Crippen LogP contribution in [0.1, 0.15) is 0 Å². The van der Waals surface area contributed by atoms with E-state index in [-0.39, 0.29) is 5.91 Å². The van der Waals surface area contributed by atoms with Crippen molar-refractivity contribution >= 4 is 23.4 Å². The van der Waals surface area contributed by atoms with Crippen molar-refractivity contribution in [3.8, 4) is 11.4 Å². The number of anilines is 1. The maximum Gasteiger partial charge on any atom is 0.233 e. The lowest BCUT2D eigenvalue weighted by Gasteiger charge is -2.36. The Hall–Kier alpha value is -3.00. The Kier molecular flexibility index (Phi) is 6.00. The van der Waals surface area contributed by atoms with E-state index in [1.807, 2.05) is 51.9 Å². The van der Waals surface area contributed by atoms with E-state index < -0.39 is 0 Å². The highest BCUT2D eigenvalue weighted by molar-refractivity contribution is 7.99. The molecule has 2 aromatic carbocycles. The number of para-hydroxylation sites is 1. The van der Waals surface area contributed by atoms with Gasteiger partial charge < -0.3 is 14.5 Å². The van der Waals surface area contributed by atoms with Crippen LogP contribution in [0, 0.1) is 0 Å². The molecule has 0 unspecified atom stereocenters. The minimum Gasteiger partial charge on any atom is -0.497 e. The van der Waals surface area contributed by atoms with Gasteiger partial charge in [0.2, 0.25) is 5.91 Å². The average Bonchev–Trinajstić information content (AvgIpc) is 3.27. The van der Waals surface area contributed by atoms with Crippen molar-refractivity contribution in [1.82, 2.24) is 19.7 Å². The normalized spacial score (nSPS) is 14.1. The van der Waals surface area contributed by atoms with Gasteiger partial charge in [-0.05, 0) is 36.4 Å². The number of amides is 1. The van der Waals surface area contributed by atoms with E-state index in [2.05, 4.69) is 27.2 Å². The minimum atomic E-state index is 0.131. The number of nitrogens with zero attached hydrogens (tertiary/aromatic N) is 5. The first-order valence-corrected chi connectivity index (χ1v) is 10.5. The number of hydrogen-bond acceptors (Lipinski definition) is 6. The van der Waals surface area contributed by atoms with E-state index in [0.717, 1.165) is 48.5 Å². The summed E-state index contributed by atoms with van der Waals surface area (Å²) in [5, 5.41) is 8.88. The van der Waals surface area contributed by atoms with Crippen LogP contribution in [0.4, 0.5) is 5.69 Å². The monoisotopic (exact) mass is 409 g/mol. The number of carbonyl (C=O) groups excluding carboxylic acids is 1. The Morgan fingerprint density at radius 1 is 1.00 bits per heavy atom. The molecule has 0 atom stereocenters. The molecule has 7 nitrogen and oxygen atoms in total. The molecule has 1 fully saturated rings. The van der Waals surface area contributed by atoms with Crippen LogP contribution in [-0.4, -0.2) is 64.6 Å². The van der Waals surface area contributed by atoms with Crippen molar-refractivity contribution in [3.05, 3.63) is 60.9 Å². The first-order valence-electron chi connectivity index (χ1n) is 9.49. The van der Waals surface area contributed by atoms with Crippen LogP contribution < -0.4 is 9.64 Å². The molecule has 0 bridgehead atoms. The van der Waals surface area contributed by atoms with Gasteiger partial charge in [-0.2, -0.15) is 0 Å². The summed E-state index contributed by atoms with van der Waals surface area (Å²) in [6.45, 7) is 3.08. The second-order valence-electron chi connectivity index (χ2n) is 6.67. The van der Waals surface area contributed by atoms with Crippen LogP contribution in [0.3, 0.4) is 0 Å². The van der Waals surface area contributed by atoms with E-state index in [1.54, 1.807) is 13.4 Å². The van der Waals surface area contributed by atoms with E-state index in [0.29, 0.717) is 5.75 Å². The van der Waals surface area contributed by atoms with Gasteiger partial charge in [-0.1, -0.05) is 30.0 Å². The molecule has 4 rings (SSSR count). The third kappa shape index (κ3) is 4.54. The Morgan fingerprint density at radius 3 is 2.41 bits per heavy atom. The molecule has 0 radical (unpaired) electrons. The highest BCUT2D eigenvalue weighted by Crippen LogP contribution is 2.22. The average molecular weight is 410 g/mol. The molecule has 1 saturated heterocycles. The van der Waals surface area contributed by atoms with Crippen molar-refractivity contribution in [2.45, 2.75) is 5.16 Å². The zero-order valence-corrected chi connectivity index (χ0v) is 17.1. The quantitative estimate of drug-likeness (QED) is 0.584. The highest BCUT2D eigenvalue weighted by atomic mass is 32.2. The van der Waals surface area contributed by atoms with Crippen molar-refractivity contribution in [2.24, 2.45) is 0 Å². The minimum absolute atomic E-state index is 0.131. The molecule has 1 aliphatic rings. The van der Waals surface area contributed by atoms with E-state index in [1.165, 1.54) is 11.8 Å². The summed E-state index contributed by atoms with van der Waals surface area (Å²) < 4.78 is 7.12. The van der Waals surface area contributed by atoms with Crippen molar-refractivity contribution in [1.29, 1.82) is 0 Å². The van der Waals surface area contributed by atoms with Gasteiger partial charge in [0, 0.05) is 37.6 Å². The fraction of sp³-hybridized carbons (Fsp3) is 0.286. The Bertz CT molecular complexity index is 937. The first kappa shape index (κ1) is 19.3. The van der Waals surface area contributed by atoms with Gasteiger partial charge in [-0.3, -0.25) is 9.36 Å². The van der Waals surface area contributed by atoms with Gasteiger partial charge in [0.05, 0.1) is 12.9 Å².